The van der Waals surface area contributed by atoms with Gasteiger partial charge in [0.25, 0.3) is 0 Å². The summed E-state index contributed by atoms with van der Waals surface area (Å²) >= 11 is 5.89. The summed E-state index contributed by atoms with van der Waals surface area (Å²) in [4.78, 5) is 12.0. The summed E-state index contributed by atoms with van der Waals surface area (Å²) < 4.78 is 0. The first-order valence-corrected chi connectivity index (χ1v) is 7.72. The van der Waals surface area contributed by atoms with Crippen LogP contribution in [0.3, 0.4) is 0 Å². The van der Waals surface area contributed by atoms with Gasteiger partial charge in [0, 0.05) is 35.8 Å². The first kappa shape index (κ1) is 18.0. The number of halogens is 1. The lowest BCUT2D eigenvalue weighted by atomic mass is 10.00. The van der Waals surface area contributed by atoms with Gasteiger partial charge in [-0.2, -0.15) is 0 Å². The van der Waals surface area contributed by atoms with Crippen LogP contribution in [0.1, 0.15) is 33.6 Å². The Labute approximate surface area is 131 Å². The van der Waals surface area contributed by atoms with Gasteiger partial charge in [-0.3, -0.25) is 4.79 Å². The molecule has 0 bridgehead atoms. The molecule has 1 amide bonds. The van der Waals surface area contributed by atoms with Gasteiger partial charge < -0.3 is 15.7 Å². The molecule has 2 unspecified atom stereocenters. The number of amides is 1. The van der Waals surface area contributed by atoms with Gasteiger partial charge in [-0.05, 0) is 37.5 Å². The zero-order valence-corrected chi connectivity index (χ0v) is 13.7. The van der Waals surface area contributed by atoms with Gasteiger partial charge in [0.1, 0.15) is 0 Å². The standard InChI is InChI=1S/C16H25ClN2O2/c1-11(2)15(7-8-20)18-12(3)9-16(21)19-14-6-4-5-13(17)10-14/h4-6,10-12,15,18,20H,7-9H2,1-3H3,(H,19,21). The number of rotatable bonds is 8. The van der Waals surface area contributed by atoms with Gasteiger partial charge in [-0.15, -0.1) is 0 Å². The molecule has 2 atom stereocenters. The van der Waals surface area contributed by atoms with E-state index in [4.69, 9.17) is 16.7 Å². The molecule has 1 rings (SSSR count). The minimum atomic E-state index is -0.0521. The third-order valence-electron chi connectivity index (χ3n) is 3.34. The molecule has 1 aromatic rings. The van der Waals surface area contributed by atoms with E-state index in [1.165, 1.54) is 0 Å². The molecule has 0 aliphatic carbocycles. The number of carbonyl (C=O) groups is 1. The van der Waals surface area contributed by atoms with Gasteiger partial charge >= 0.3 is 0 Å². The highest BCUT2D eigenvalue weighted by molar-refractivity contribution is 6.30. The fraction of sp³-hybridized carbons (Fsp3) is 0.562. The van der Waals surface area contributed by atoms with Crippen molar-refractivity contribution in [3.8, 4) is 0 Å². The lowest BCUT2D eigenvalue weighted by molar-refractivity contribution is -0.116. The molecule has 0 aromatic heterocycles. The molecular weight excluding hydrogens is 288 g/mol. The summed E-state index contributed by atoms with van der Waals surface area (Å²) in [5, 5.41) is 15.9. The number of carbonyl (C=O) groups excluding carboxylic acids is 1. The molecule has 0 spiro atoms. The maximum Gasteiger partial charge on any atom is 0.225 e. The van der Waals surface area contributed by atoms with E-state index in [0.29, 0.717) is 29.5 Å². The van der Waals surface area contributed by atoms with Crippen LogP contribution in [0.4, 0.5) is 5.69 Å². The van der Waals surface area contributed by atoms with E-state index < -0.39 is 0 Å². The van der Waals surface area contributed by atoms with Crippen LogP contribution in [0.25, 0.3) is 0 Å². The Morgan fingerprint density at radius 3 is 2.62 bits per heavy atom. The van der Waals surface area contributed by atoms with Crippen LogP contribution in [0.2, 0.25) is 5.02 Å². The van der Waals surface area contributed by atoms with Crippen molar-refractivity contribution < 1.29 is 9.90 Å². The monoisotopic (exact) mass is 312 g/mol. The van der Waals surface area contributed by atoms with Crippen molar-refractivity contribution in [1.82, 2.24) is 5.32 Å². The van der Waals surface area contributed by atoms with Crippen molar-refractivity contribution in [3.05, 3.63) is 29.3 Å². The quantitative estimate of drug-likeness (QED) is 0.691. The molecule has 0 fully saturated rings. The summed E-state index contributed by atoms with van der Waals surface area (Å²) in [5.41, 5.74) is 0.704. The van der Waals surface area contributed by atoms with Gasteiger partial charge in [0.15, 0.2) is 0 Å². The molecule has 4 nitrogen and oxygen atoms in total. The number of hydrogen-bond donors (Lipinski definition) is 3. The van der Waals surface area contributed by atoms with Gasteiger partial charge in [-0.25, -0.2) is 0 Å². The van der Waals surface area contributed by atoms with Crippen molar-refractivity contribution >= 4 is 23.2 Å². The largest absolute Gasteiger partial charge is 0.396 e. The molecule has 0 heterocycles. The zero-order valence-electron chi connectivity index (χ0n) is 12.9. The van der Waals surface area contributed by atoms with E-state index in [-0.39, 0.29) is 24.6 Å². The first-order chi connectivity index (χ1) is 9.92. The summed E-state index contributed by atoms with van der Waals surface area (Å²) in [6.45, 7) is 6.33. The second-order valence-corrected chi connectivity index (χ2v) is 6.13. The Morgan fingerprint density at radius 1 is 1.33 bits per heavy atom. The van der Waals surface area contributed by atoms with E-state index in [1.807, 2.05) is 13.0 Å². The molecule has 0 saturated heterocycles. The normalized spacial score (nSPS) is 14.0. The van der Waals surface area contributed by atoms with Crippen molar-refractivity contribution in [2.24, 2.45) is 5.92 Å². The van der Waals surface area contributed by atoms with Crippen LogP contribution in [0.15, 0.2) is 24.3 Å². The molecule has 1 aromatic carbocycles. The van der Waals surface area contributed by atoms with Crippen LogP contribution in [-0.4, -0.2) is 29.7 Å². The molecule has 0 saturated carbocycles. The molecule has 0 aliphatic rings. The SMILES string of the molecule is CC(CC(=O)Nc1cccc(Cl)c1)NC(CCO)C(C)C. The lowest BCUT2D eigenvalue weighted by Gasteiger charge is -2.25. The highest BCUT2D eigenvalue weighted by atomic mass is 35.5. The van der Waals surface area contributed by atoms with E-state index in [2.05, 4.69) is 24.5 Å². The van der Waals surface area contributed by atoms with Crippen LogP contribution >= 0.6 is 11.6 Å². The summed E-state index contributed by atoms with van der Waals surface area (Å²) in [6, 6.07) is 7.36. The lowest BCUT2D eigenvalue weighted by Crippen LogP contribution is -2.42. The molecule has 118 valence electrons. The first-order valence-electron chi connectivity index (χ1n) is 7.34. The topological polar surface area (TPSA) is 61.4 Å². The second kappa shape index (κ2) is 9.03. The number of benzene rings is 1. The average Bonchev–Trinajstić information content (AvgIpc) is 2.37. The Bertz CT molecular complexity index is 452. The van der Waals surface area contributed by atoms with E-state index in [9.17, 15) is 4.79 Å². The third-order valence-corrected chi connectivity index (χ3v) is 3.58. The molecule has 3 N–H and O–H groups in total. The fourth-order valence-electron chi connectivity index (χ4n) is 2.23. The highest BCUT2D eigenvalue weighted by Crippen LogP contribution is 2.15. The number of anilines is 1. The fourth-order valence-corrected chi connectivity index (χ4v) is 2.42. The van der Waals surface area contributed by atoms with Crippen LogP contribution in [0, 0.1) is 5.92 Å². The number of hydrogen-bond acceptors (Lipinski definition) is 3. The third kappa shape index (κ3) is 6.93. The van der Waals surface area contributed by atoms with Crippen LogP contribution < -0.4 is 10.6 Å². The minimum absolute atomic E-state index is 0.0446. The number of aliphatic hydroxyl groups excluding tert-OH is 1. The minimum Gasteiger partial charge on any atom is -0.396 e. The van der Waals surface area contributed by atoms with Gasteiger partial charge in [0.05, 0.1) is 0 Å². The Balaban J connectivity index is 2.46. The molecule has 5 heteroatoms. The van der Waals surface area contributed by atoms with Gasteiger partial charge in [0.2, 0.25) is 5.91 Å². The number of nitrogens with one attached hydrogen (secondary N) is 2. The van der Waals surface area contributed by atoms with Crippen molar-refractivity contribution in [3.63, 3.8) is 0 Å². The Hall–Kier alpha value is -1.10. The second-order valence-electron chi connectivity index (χ2n) is 5.69. The maximum atomic E-state index is 12.0. The zero-order chi connectivity index (χ0) is 15.8. The Kier molecular flexibility index (Phi) is 7.72. The Morgan fingerprint density at radius 2 is 2.05 bits per heavy atom. The molecule has 0 aliphatic heterocycles. The summed E-state index contributed by atoms with van der Waals surface area (Å²) in [6.07, 6.45) is 1.07. The molecule has 0 radical (unpaired) electrons. The smallest absolute Gasteiger partial charge is 0.225 e. The number of aliphatic hydroxyl groups is 1. The van der Waals surface area contributed by atoms with E-state index in [1.54, 1.807) is 18.2 Å². The van der Waals surface area contributed by atoms with Crippen LogP contribution in [-0.2, 0) is 4.79 Å². The molecular formula is C16H25ClN2O2. The highest BCUT2D eigenvalue weighted by Gasteiger charge is 2.17. The van der Waals surface area contributed by atoms with Crippen LogP contribution in [0.5, 0.6) is 0 Å². The predicted molar refractivity (Wildman–Crippen MR) is 87.6 cm³/mol. The van der Waals surface area contributed by atoms with E-state index >= 15 is 0 Å². The van der Waals surface area contributed by atoms with E-state index in [0.717, 1.165) is 0 Å². The summed E-state index contributed by atoms with van der Waals surface area (Å²) in [5.74, 6) is 0.361. The average molecular weight is 313 g/mol. The van der Waals surface area contributed by atoms with Crippen molar-refractivity contribution in [1.29, 1.82) is 0 Å². The molecule has 21 heavy (non-hydrogen) atoms. The maximum absolute atomic E-state index is 12.0. The summed E-state index contributed by atoms with van der Waals surface area (Å²) in [7, 11) is 0. The predicted octanol–water partition coefficient (Wildman–Crippen LogP) is 3.05. The van der Waals surface area contributed by atoms with Gasteiger partial charge in [-0.1, -0.05) is 31.5 Å². The van der Waals surface area contributed by atoms with Crippen molar-refractivity contribution in [2.75, 3.05) is 11.9 Å². The van der Waals surface area contributed by atoms with Crippen molar-refractivity contribution in [2.45, 2.75) is 45.7 Å².